The minimum absolute atomic E-state index is 0.175. The number of hydrogen-bond donors (Lipinski definition) is 0. The fraction of sp³-hybridized carbons (Fsp3) is 0.857. The van der Waals surface area contributed by atoms with Crippen LogP contribution in [0, 0.1) is 0 Å². The molecule has 2 unspecified atom stereocenters. The third-order valence-corrected chi connectivity index (χ3v) is 2.22. The highest BCUT2D eigenvalue weighted by Crippen LogP contribution is 2.30. The molecule has 0 bridgehead atoms. The van der Waals surface area contributed by atoms with E-state index in [4.69, 9.17) is 4.74 Å². The predicted molar refractivity (Wildman–Crippen MR) is 35.5 cm³/mol. The highest BCUT2D eigenvalue weighted by Gasteiger charge is 2.43. The van der Waals surface area contributed by atoms with Gasteiger partial charge in [0.1, 0.15) is 6.10 Å². The van der Waals surface area contributed by atoms with Crippen molar-refractivity contribution in [2.75, 3.05) is 13.1 Å². The van der Waals surface area contributed by atoms with Crippen molar-refractivity contribution in [3.8, 4) is 0 Å². The smallest absolute Gasteiger partial charge is 0.219 e. The molecule has 0 aromatic heterocycles. The largest absolute Gasteiger partial charge is 0.368 e. The minimum Gasteiger partial charge on any atom is -0.368 e. The third-order valence-electron chi connectivity index (χ3n) is 2.22. The molecule has 1 amide bonds. The lowest BCUT2D eigenvalue weighted by molar-refractivity contribution is -0.129. The first kappa shape index (κ1) is 6.16. The molecule has 10 heavy (non-hydrogen) atoms. The molecule has 0 spiro atoms. The summed E-state index contributed by atoms with van der Waals surface area (Å²) >= 11 is 0. The Kier molecular flexibility index (Phi) is 1.20. The maximum Gasteiger partial charge on any atom is 0.219 e. The van der Waals surface area contributed by atoms with Crippen molar-refractivity contribution in [3.63, 3.8) is 0 Å². The molecule has 0 aromatic carbocycles. The van der Waals surface area contributed by atoms with E-state index in [0.29, 0.717) is 12.2 Å². The molecule has 2 heterocycles. The molecule has 3 heteroatoms. The number of hydrogen-bond acceptors (Lipinski definition) is 2. The minimum atomic E-state index is 0.175. The quantitative estimate of drug-likeness (QED) is 0.445. The molecule has 3 nitrogen and oxygen atoms in total. The fourth-order valence-electron chi connectivity index (χ4n) is 1.47. The van der Waals surface area contributed by atoms with Crippen LogP contribution in [0.15, 0.2) is 0 Å². The topological polar surface area (TPSA) is 32.8 Å². The Balaban J connectivity index is 1.94. The zero-order chi connectivity index (χ0) is 7.14. The summed E-state index contributed by atoms with van der Waals surface area (Å²) in [6.45, 7) is 3.32. The van der Waals surface area contributed by atoms with Crippen LogP contribution >= 0.6 is 0 Å². The molecular weight excluding hydrogens is 130 g/mol. The predicted octanol–water partition coefficient (Wildman–Crippen LogP) is 0.00600. The molecule has 56 valence electrons. The number of epoxide rings is 1. The van der Waals surface area contributed by atoms with Crippen LogP contribution in [0.4, 0.5) is 0 Å². The number of carbonyl (C=O) groups is 1. The molecule has 0 aromatic rings. The van der Waals surface area contributed by atoms with Crippen LogP contribution in [0.3, 0.4) is 0 Å². The van der Waals surface area contributed by atoms with Gasteiger partial charge in [-0.05, 0) is 6.42 Å². The zero-order valence-electron chi connectivity index (χ0n) is 6.04. The third kappa shape index (κ3) is 0.904. The van der Waals surface area contributed by atoms with Crippen molar-refractivity contribution in [2.45, 2.75) is 25.6 Å². The molecule has 0 saturated carbocycles. The second kappa shape index (κ2) is 1.95. The van der Waals surface area contributed by atoms with Crippen molar-refractivity contribution >= 4 is 5.91 Å². The van der Waals surface area contributed by atoms with Crippen LogP contribution in [0.2, 0.25) is 0 Å². The van der Waals surface area contributed by atoms with E-state index in [9.17, 15) is 4.79 Å². The molecule has 2 aliphatic rings. The monoisotopic (exact) mass is 141 g/mol. The molecular formula is C7H11NO2. The standard InChI is InChI=1S/C7H11NO2/c1-5(9)8-3-2-6-7(4-8)10-6/h6-7H,2-4H2,1H3. The summed E-state index contributed by atoms with van der Waals surface area (Å²) in [5.41, 5.74) is 0. The first-order chi connectivity index (χ1) is 4.77. The average Bonchev–Trinajstić information content (AvgIpc) is 2.63. The number of ether oxygens (including phenoxy) is 1. The van der Waals surface area contributed by atoms with E-state index in [0.717, 1.165) is 19.5 Å². The van der Waals surface area contributed by atoms with Gasteiger partial charge in [-0.3, -0.25) is 4.79 Å². The Bertz CT molecular complexity index is 169. The van der Waals surface area contributed by atoms with Crippen molar-refractivity contribution in [3.05, 3.63) is 0 Å². The van der Waals surface area contributed by atoms with Crippen molar-refractivity contribution < 1.29 is 9.53 Å². The van der Waals surface area contributed by atoms with Gasteiger partial charge in [-0.2, -0.15) is 0 Å². The molecule has 0 radical (unpaired) electrons. The van der Waals surface area contributed by atoms with Gasteiger partial charge in [0.2, 0.25) is 5.91 Å². The Labute approximate surface area is 60.0 Å². The number of piperidine rings is 1. The number of carbonyl (C=O) groups excluding carboxylic acids is 1. The molecule has 2 atom stereocenters. The van der Waals surface area contributed by atoms with Gasteiger partial charge in [-0.25, -0.2) is 0 Å². The molecule has 0 aliphatic carbocycles. The zero-order valence-corrected chi connectivity index (χ0v) is 6.04. The molecule has 2 fully saturated rings. The summed E-state index contributed by atoms with van der Waals surface area (Å²) in [5.74, 6) is 0.175. The van der Waals surface area contributed by atoms with Gasteiger partial charge in [0.15, 0.2) is 0 Å². The Morgan fingerprint density at radius 3 is 3.00 bits per heavy atom. The number of likely N-dealkylation sites (tertiary alicyclic amines) is 1. The molecule has 2 rings (SSSR count). The van der Waals surface area contributed by atoms with Crippen LogP contribution in [0.5, 0.6) is 0 Å². The molecule has 0 N–H and O–H groups in total. The van der Waals surface area contributed by atoms with Crippen LogP contribution in [0.1, 0.15) is 13.3 Å². The number of rotatable bonds is 0. The van der Waals surface area contributed by atoms with E-state index < -0.39 is 0 Å². The number of amides is 1. The summed E-state index contributed by atoms with van der Waals surface area (Å²) < 4.78 is 5.26. The highest BCUT2D eigenvalue weighted by atomic mass is 16.6. The van der Waals surface area contributed by atoms with E-state index in [1.165, 1.54) is 0 Å². The maximum atomic E-state index is 10.8. The molecule has 2 saturated heterocycles. The summed E-state index contributed by atoms with van der Waals surface area (Å²) in [6.07, 6.45) is 1.89. The fourth-order valence-corrected chi connectivity index (χ4v) is 1.47. The molecule has 2 aliphatic heterocycles. The second-order valence-electron chi connectivity index (χ2n) is 2.97. The number of nitrogens with zero attached hydrogens (tertiary/aromatic N) is 1. The van der Waals surface area contributed by atoms with Crippen molar-refractivity contribution in [1.29, 1.82) is 0 Å². The van der Waals surface area contributed by atoms with E-state index in [1.54, 1.807) is 6.92 Å². The highest BCUT2D eigenvalue weighted by molar-refractivity contribution is 5.73. The van der Waals surface area contributed by atoms with Crippen molar-refractivity contribution in [1.82, 2.24) is 4.90 Å². The van der Waals surface area contributed by atoms with Gasteiger partial charge in [0, 0.05) is 20.0 Å². The van der Waals surface area contributed by atoms with Gasteiger partial charge >= 0.3 is 0 Å². The summed E-state index contributed by atoms with van der Waals surface area (Å²) in [5, 5.41) is 0. The summed E-state index contributed by atoms with van der Waals surface area (Å²) in [7, 11) is 0. The first-order valence-corrected chi connectivity index (χ1v) is 3.68. The lowest BCUT2D eigenvalue weighted by Gasteiger charge is -2.22. The summed E-state index contributed by atoms with van der Waals surface area (Å²) in [6, 6.07) is 0. The van der Waals surface area contributed by atoms with Gasteiger partial charge in [-0.1, -0.05) is 0 Å². The number of fused-ring (bicyclic) bond motifs is 1. The van der Waals surface area contributed by atoms with E-state index in [2.05, 4.69) is 0 Å². The SMILES string of the molecule is CC(=O)N1CCC2OC2C1. The lowest BCUT2D eigenvalue weighted by Crippen LogP contribution is -2.37. The Morgan fingerprint density at radius 2 is 2.40 bits per heavy atom. The average molecular weight is 141 g/mol. The van der Waals surface area contributed by atoms with Crippen LogP contribution in [0.25, 0.3) is 0 Å². The van der Waals surface area contributed by atoms with Gasteiger partial charge < -0.3 is 9.64 Å². The van der Waals surface area contributed by atoms with E-state index in [1.807, 2.05) is 4.90 Å². The van der Waals surface area contributed by atoms with Crippen LogP contribution < -0.4 is 0 Å². The van der Waals surface area contributed by atoms with Gasteiger partial charge in [0.05, 0.1) is 6.10 Å². The van der Waals surface area contributed by atoms with E-state index in [-0.39, 0.29) is 5.91 Å². The Morgan fingerprint density at radius 1 is 1.60 bits per heavy atom. The van der Waals surface area contributed by atoms with Gasteiger partial charge in [0.25, 0.3) is 0 Å². The first-order valence-electron chi connectivity index (χ1n) is 3.68. The summed E-state index contributed by atoms with van der Waals surface area (Å²) in [4.78, 5) is 12.7. The maximum absolute atomic E-state index is 10.8. The van der Waals surface area contributed by atoms with Crippen LogP contribution in [-0.2, 0) is 9.53 Å². The normalized spacial score (nSPS) is 37.1. The second-order valence-corrected chi connectivity index (χ2v) is 2.97. The van der Waals surface area contributed by atoms with Crippen molar-refractivity contribution in [2.24, 2.45) is 0 Å². The van der Waals surface area contributed by atoms with Crippen LogP contribution in [-0.4, -0.2) is 36.1 Å². The van der Waals surface area contributed by atoms with Gasteiger partial charge in [-0.15, -0.1) is 0 Å². The lowest BCUT2D eigenvalue weighted by atomic mass is 10.1. The Hall–Kier alpha value is -0.570. The van der Waals surface area contributed by atoms with E-state index >= 15 is 0 Å².